The third-order valence-corrected chi connectivity index (χ3v) is 3.42. The van der Waals surface area contributed by atoms with Gasteiger partial charge >= 0.3 is 0 Å². The molecule has 1 unspecified atom stereocenters. The molecule has 0 fully saturated rings. The van der Waals surface area contributed by atoms with Gasteiger partial charge in [0.1, 0.15) is 5.75 Å². The molecular weight excluding hydrogens is 238 g/mol. The fourth-order valence-corrected chi connectivity index (χ4v) is 2.38. The zero-order valence-electron chi connectivity index (χ0n) is 12.0. The van der Waals surface area contributed by atoms with Gasteiger partial charge in [-0.1, -0.05) is 13.0 Å². The van der Waals surface area contributed by atoms with Crippen LogP contribution in [-0.2, 0) is 13.5 Å². The molecule has 2 aromatic rings. The first kappa shape index (κ1) is 13.6. The number of hydrogen-bond acceptors (Lipinski definition) is 3. The first-order valence-corrected chi connectivity index (χ1v) is 6.49. The van der Waals surface area contributed by atoms with Crippen molar-refractivity contribution in [3.05, 3.63) is 46.8 Å². The zero-order valence-corrected chi connectivity index (χ0v) is 12.0. The maximum absolute atomic E-state index is 6.40. The fourth-order valence-electron chi connectivity index (χ4n) is 2.38. The maximum Gasteiger partial charge on any atom is 0.119 e. The highest BCUT2D eigenvalue weighted by molar-refractivity contribution is 5.41. The maximum atomic E-state index is 6.40. The highest BCUT2D eigenvalue weighted by atomic mass is 16.5. The molecule has 1 atom stereocenters. The lowest BCUT2D eigenvalue weighted by atomic mass is 9.95. The number of hydrogen-bond donors (Lipinski definition) is 1. The van der Waals surface area contributed by atoms with Crippen molar-refractivity contribution in [2.45, 2.75) is 26.3 Å². The Kier molecular flexibility index (Phi) is 3.90. The van der Waals surface area contributed by atoms with Crippen LogP contribution in [0.4, 0.5) is 0 Å². The van der Waals surface area contributed by atoms with Crippen LogP contribution in [0.2, 0.25) is 0 Å². The van der Waals surface area contributed by atoms with Gasteiger partial charge in [0.15, 0.2) is 0 Å². The summed E-state index contributed by atoms with van der Waals surface area (Å²) >= 11 is 0. The van der Waals surface area contributed by atoms with Crippen molar-refractivity contribution in [3.63, 3.8) is 0 Å². The van der Waals surface area contributed by atoms with Gasteiger partial charge < -0.3 is 10.5 Å². The molecule has 1 heterocycles. The van der Waals surface area contributed by atoms with Gasteiger partial charge in [-0.2, -0.15) is 5.10 Å². The van der Waals surface area contributed by atoms with Crippen LogP contribution in [-0.4, -0.2) is 16.9 Å². The Morgan fingerprint density at radius 2 is 2.11 bits per heavy atom. The minimum Gasteiger partial charge on any atom is -0.497 e. The summed E-state index contributed by atoms with van der Waals surface area (Å²) in [4.78, 5) is 0. The zero-order chi connectivity index (χ0) is 14.0. The Balaban J connectivity index is 2.40. The first-order valence-electron chi connectivity index (χ1n) is 6.49. The SMILES string of the molecule is CCc1nn(C)cc1C(N)c1ccc(OC)cc1C. The number of benzene rings is 1. The van der Waals surface area contributed by atoms with E-state index in [1.165, 1.54) is 0 Å². The van der Waals surface area contributed by atoms with Crippen LogP contribution >= 0.6 is 0 Å². The predicted molar refractivity (Wildman–Crippen MR) is 76.3 cm³/mol. The summed E-state index contributed by atoms with van der Waals surface area (Å²) in [6.07, 6.45) is 2.90. The van der Waals surface area contributed by atoms with Gasteiger partial charge in [0, 0.05) is 18.8 Å². The van der Waals surface area contributed by atoms with E-state index in [-0.39, 0.29) is 6.04 Å². The third kappa shape index (κ3) is 2.63. The summed E-state index contributed by atoms with van der Waals surface area (Å²) in [5.41, 5.74) is 10.8. The lowest BCUT2D eigenvalue weighted by Gasteiger charge is -2.15. The molecule has 0 spiro atoms. The monoisotopic (exact) mass is 259 g/mol. The van der Waals surface area contributed by atoms with Crippen LogP contribution in [0.5, 0.6) is 5.75 Å². The number of aryl methyl sites for hydroxylation is 3. The van der Waals surface area contributed by atoms with Gasteiger partial charge in [0.05, 0.1) is 18.8 Å². The smallest absolute Gasteiger partial charge is 0.119 e. The van der Waals surface area contributed by atoms with E-state index >= 15 is 0 Å². The topological polar surface area (TPSA) is 53.1 Å². The Morgan fingerprint density at radius 1 is 1.37 bits per heavy atom. The summed E-state index contributed by atoms with van der Waals surface area (Å²) in [7, 11) is 3.60. The molecule has 0 aliphatic heterocycles. The molecular formula is C15H21N3O. The van der Waals surface area contributed by atoms with E-state index in [9.17, 15) is 0 Å². The predicted octanol–water partition coefficient (Wildman–Crippen LogP) is 2.35. The number of rotatable bonds is 4. The average Bonchev–Trinajstić information content (AvgIpc) is 2.79. The molecule has 0 aliphatic carbocycles. The lowest BCUT2D eigenvalue weighted by molar-refractivity contribution is 0.414. The van der Waals surface area contributed by atoms with Gasteiger partial charge in [0.2, 0.25) is 0 Å². The van der Waals surface area contributed by atoms with E-state index in [2.05, 4.69) is 18.9 Å². The summed E-state index contributed by atoms with van der Waals surface area (Å²) in [5.74, 6) is 0.857. The average molecular weight is 259 g/mol. The lowest BCUT2D eigenvalue weighted by Crippen LogP contribution is -2.14. The van der Waals surface area contributed by atoms with E-state index in [4.69, 9.17) is 10.5 Å². The molecule has 102 valence electrons. The van der Waals surface area contributed by atoms with Gasteiger partial charge in [-0.15, -0.1) is 0 Å². The van der Waals surface area contributed by atoms with Crippen LogP contribution in [0.25, 0.3) is 0 Å². The number of ether oxygens (including phenoxy) is 1. The molecule has 1 aromatic carbocycles. The van der Waals surface area contributed by atoms with Crippen molar-refractivity contribution in [2.75, 3.05) is 7.11 Å². The number of methoxy groups -OCH3 is 1. The number of aromatic nitrogens is 2. The number of nitrogens with zero attached hydrogens (tertiary/aromatic N) is 2. The highest BCUT2D eigenvalue weighted by Gasteiger charge is 2.17. The molecule has 0 saturated heterocycles. The Bertz CT molecular complexity index is 575. The van der Waals surface area contributed by atoms with Crippen molar-refractivity contribution >= 4 is 0 Å². The molecule has 4 heteroatoms. The fraction of sp³-hybridized carbons (Fsp3) is 0.400. The van der Waals surface area contributed by atoms with Gasteiger partial charge in [-0.25, -0.2) is 0 Å². The van der Waals surface area contributed by atoms with Gasteiger partial charge in [0.25, 0.3) is 0 Å². The summed E-state index contributed by atoms with van der Waals surface area (Å²) in [5, 5.41) is 4.45. The molecule has 2 N–H and O–H groups in total. The minimum absolute atomic E-state index is 0.144. The van der Waals surface area contributed by atoms with E-state index in [0.29, 0.717) is 0 Å². The number of nitrogens with two attached hydrogens (primary N) is 1. The van der Waals surface area contributed by atoms with Crippen molar-refractivity contribution in [1.29, 1.82) is 0 Å². The standard InChI is InChI=1S/C15H21N3O/c1-5-14-13(9-18(3)17-14)15(16)12-7-6-11(19-4)8-10(12)2/h6-9,15H,5,16H2,1-4H3. The molecule has 0 bridgehead atoms. The first-order chi connectivity index (χ1) is 9.06. The second-order valence-electron chi connectivity index (χ2n) is 4.76. The van der Waals surface area contributed by atoms with Crippen LogP contribution < -0.4 is 10.5 Å². The van der Waals surface area contributed by atoms with E-state index in [1.54, 1.807) is 7.11 Å². The van der Waals surface area contributed by atoms with Crippen molar-refractivity contribution in [1.82, 2.24) is 9.78 Å². The Hall–Kier alpha value is -1.81. The van der Waals surface area contributed by atoms with E-state index < -0.39 is 0 Å². The normalized spacial score (nSPS) is 12.5. The van der Waals surface area contributed by atoms with E-state index in [0.717, 1.165) is 34.6 Å². The van der Waals surface area contributed by atoms with Gasteiger partial charge in [-0.3, -0.25) is 4.68 Å². The van der Waals surface area contributed by atoms with Gasteiger partial charge in [-0.05, 0) is 36.6 Å². The summed E-state index contributed by atoms with van der Waals surface area (Å²) in [6.45, 7) is 4.15. The molecule has 0 saturated carbocycles. The molecule has 2 rings (SSSR count). The molecule has 0 radical (unpaired) electrons. The van der Waals surface area contributed by atoms with Crippen LogP contribution in [0.1, 0.15) is 35.3 Å². The van der Waals surface area contributed by atoms with Crippen LogP contribution in [0.15, 0.2) is 24.4 Å². The molecule has 4 nitrogen and oxygen atoms in total. The summed E-state index contributed by atoms with van der Waals surface area (Å²) in [6, 6.07) is 5.85. The molecule has 1 aromatic heterocycles. The van der Waals surface area contributed by atoms with Crippen molar-refractivity contribution in [3.8, 4) is 5.75 Å². The molecule has 0 aliphatic rings. The quantitative estimate of drug-likeness (QED) is 0.917. The third-order valence-electron chi connectivity index (χ3n) is 3.42. The highest BCUT2D eigenvalue weighted by Crippen LogP contribution is 2.27. The second kappa shape index (κ2) is 5.45. The van der Waals surface area contributed by atoms with Crippen molar-refractivity contribution < 1.29 is 4.74 Å². The Labute approximate surface area is 114 Å². The molecule has 19 heavy (non-hydrogen) atoms. The molecule has 0 amide bonds. The minimum atomic E-state index is -0.144. The van der Waals surface area contributed by atoms with Crippen LogP contribution in [0.3, 0.4) is 0 Å². The largest absolute Gasteiger partial charge is 0.497 e. The van der Waals surface area contributed by atoms with Crippen LogP contribution in [0, 0.1) is 6.92 Å². The Morgan fingerprint density at radius 3 is 2.68 bits per heavy atom. The van der Waals surface area contributed by atoms with Crippen molar-refractivity contribution in [2.24, 2.45) is 12.8 Å². The second-order valence-corrected chi connectivity index (χ2v) is 4.76. The summed E-state index contributed by atoms with van der Waals surface area (Å²) < 4.78 is 7.05. The van der Waals surface area contributed by atoms with E-state index in [1.807, 2.05) is 36.1 Å².